The minimum atomic E-state index is 0.423. The van der Waals surface area contributed by atoms with Crippen molar-refractivity contribution in [3.05, 3.63) is 0 Å². The Morgan fingerprint density at radius 3 is 2.76 bits per heavy atom. The van der Waals surface area contributed by atoms with E-state index in [2.05, 4.69) is 23.7 Å². The summed E-state index contributed by atoms with van der Waals surface area (Å²) in [4.78, 5) is 7.23. The van der Waals surface area contributed by atoms with Crippen LogP contribution < -0.4 is 0 Å². The Labute approximate surface area is 105 Å². The van der Waals surface area contributed by atoms with Crippen molar-refractivity contribution >= 4 is 5.90 Å². The zero-order chi connectivity index (χ0) is 12.1. The van der Waals surface area contributed by atoms with E-state index in [-0.39, 0.29) is 0 Å². The van der Waals surface area contributed by atoms with E-state index in [1.807, 2.05) is 0 Å². The number of hydrogen-bond acceptors (Lipinski definition) is 3. The number of ether oxygens (including phenoxy) is 1. The molecule has 3 nitrogen and oxygen atoms in total. The first-order chi connectivity index (χ1) is 8.24. The Morgan fingerprint density at radius 2 is 2.06 bits per heavy atom. The maximum atomic E-state index is 5.68. The molecule has 0 unspecified atom stereocenters. The van der Waals surface area contributed by atoms with Gasteiger partial charge in [0.1, 0.15) is 6.61 Å². The minimum absolute atomic E-state index is 0.423. The summed E-state index contributed by atoms with van der Waals surface area (Å²) >= 11 is 0. The van der Waals surface area contributed by atoms with Gasteiger partial charge in [0.25, 0.3) is 0 Å². The lowest BCUT2D eigenvalue weighted by Gasteiger charge is -2.25. The van der Waals surface area contributed by atoms with Crippen LogP contribution in [0.4, 0.5) is 0 Å². The molecule has 2 aliphatic rings. The molecular formula is C14H26N2O. The predicted octanol–water partition coefficient (Wildman–Crippen LogP) is 2.71. The first-order valence-corrected chi connectivity index (χ1v) is 7.16. The topological polar surface area (TPSA) is 24.8 Å². The van der Waals surface area contributed by atoms with Crippen LogP contribution in [0.15, 0.2) is 4.99 Å². The van der Waals surface area contributed by atoms with Gasteiger partial charge < -0.3 is 9.64 Å². The fourth-order valence-electron chi connectivity index (χ4n) is 2.71. The van der Waals surface area contributed by atoms with E-state index in [9.17, 15) is 0 Å². The summed E-state index contributed by atoms with van der Waals surface area (Å²) < 4.78 is 5.68. The zero-order valence-electron chi connectivity index (χ0n) is 11.3. The molecule has 0 N–H and O–H groups in total. The molecule has 98 valence electrons. The van der Waals surface area contributed by atoms with E-state index in [1.54, 1.807) is 0 Å². The lowest BCUT2D eigenvalue weighted by atomic mass is 10.1. The van der Waals surface area contributed by atoms with Crippen molar-refractivity contribution in [1.29, 1.82) is 0 Å². The van der Waals surface area contributed by atoms with Crippen molar-refractivity contribution in [1.82, 2.24) is 4.90 Å². The van der Waals surface area contributed by atoms with E-state index in [0.29, 0.717) is 12.0 Å². The molecule has 3 heteroatoms. The average molecular weight is 238 g/mol. The van der Waals surface area contributed by atoms with E-state index >= 15 is 0 Å². The Hall–Kier alpha value is -0.570. The van der Waals surface area contributed by atoms with Gasteiger partial charge in [-0.25, -0.2) is 4.99 Å². The van der Waals surface area contributed by atoms with Crippen LogP contribution in [0.1, 0.15) is 46.0 Å². The van der Waals surface area contributed by atoms with Gasteiger partial charge in [0.15, 0.2) is 5.90 Å². The van der Waals surface area contributed by atoms with Crippen LogP contribution in [0.3, 0.4) is 0 Å². The SMILES string of the molecule is CC(C)C[C@@H]1COC(CCN2CCCCC2)=N1. The molecule has 2 heterocycles. The maximum absolute atomic E-state index is 5.68. The molecule has 2 aliphatic heterocycles. The van der Waals surface area contributed by atoms with Crippen LogP contribution in [-0.2, 0) is 4.74 Å². The largest absolute Gasteiger partial charge is 0.479 e. The molecule has 0 saturated carbocycles. The molecule has 0 radical (unpaired) electrons. The molecule has 17 heavy (non-hydrogen) atoms. The summed E-state index contributed by atoms with van der Waals surface area (Å²) in [6.45, 7) is 8.98. The van der Waals surface area contributed by atoms with Crippen LogP contribution in [0.5, 0.6) is 0 Å². The molecule has 0 spiro atoms. The zero-order valence-corrected chi connectivity index (χ0v) is 11.3. The van der Waals surface area contributed by atoms with Crippen molar-refractivity contribution in [3.8, 4) is 0 Å². The number of aliphatic imine (C=N–C) groups is 1. The van der Waals surface area contributed by atoms with Gasteiger partial charge in [-0.1, -0.05) is 20.3 Å². The Balaban J connectivity index is 1.68. The van der Waals surface area contributed by atoms with Crippen LogP contribution in [0.2, 0.25) is 0 Å². The summed E-state index contributed by atoms with van der Waals surface area (Å²) in [6, 6.07) is 0.423. The molecule has 0 bridgehead atoms. The van der Waals surface area contributed by atoms with E-state index in [1.165, 1.54) is 32.4 Å². The standard InChI is InChI=1S/C14H26N2O/c1-12(2)10-13-11-17-14(15-13)6-9-16-7-4-3-5-8-16/h12-13H,3-11H2,1-2H3/t13-/m1/s1. The second kappa shape index (κ2) is 6.39. The lowest BCUT2D eigenvalue weighted by molar-refractivity contribution is 0.227. The highest BCUT2D eigenvalue weighted by atomic mass is 16.5. The molecule has 0 amide bonds. The Kier molecular flexibility index (Phi) is 4.84. The van der Waals surface area contributed by atoms with Gasteiger partial charge in [0.2, 0.25) is 0 Å². The molecule has 0 aromatic rings. The van der Waals surface area contributed by atoms with Gasteiger partial charge in [-0.2, -0.15) is 0 Å². The van der Waals surface area contributed by atoms with Crippen molar-refractivity contribution in [2.45, 2.75) is 52.0 Å². The molecular weight excluding hydrogens is 212 g/mol. The monoisotopic (exact) mass is 238 g/mol. The third-order valence-corrected chi connectivity index (χ3v) is 3.60. The van der Waals surface area contributed by atoms with Gasteiger partial charge in [0.05, 0.1) is 6.04 Å². The number of rotatable bonds is 5. The summed E-state index contributed by atoms with van der Waals surface area (Å²) in [5, 5.41) is 0. The number of hydrogen-bond donors (Lipinski definition) is 0. The van der Waals surface area contributed by atoms with Crippen LogP contribution >= 0.6 is 0 Å². The van der Waals surface area contributed by atoms with Crippen LogP contribution in [0, 0.1) is 5.92 Å². The predicted molar refractivity (Wildman–Crippen MR) is 71.5 cm³/mol. The summed E-state index contributed by atoms with van der Waals surface area (Å²) in [5.74, 6) is 1.72. The Morgan fingerprint density at radius 1 is 1.29 bits per heavy atom. The van der Waals surface area contributed by atoms with E-state index in [4.69, 9.17) is 4.74 Å². The fourth-order valence-corrected chi connectivity index (χ4v) is 2.71. The molecule has 0 aromatic heterocycles. The third kappa shape index (κ3) is 4.30. The lowest BCUT2D eigenvalue weighted by Crippen LogP contribution is -2.31. The van der Waals surface area contributed by atoms with Crippen molar-refractivity contribution < 1.29 is 4.74 Å². The Bertz CT molecular complexity index is 257. The smallest absolute Gasteiger partial charge is 0.184 e. The van der Waals surface area contributed by atoms with Crippen molar-refractivity contribution in [2.75, 3.05) is 26.2 Å². The normalized spacial score (nSPS) is 26.1. The van der Waals surface area contributed by atoms with Crippen LogP contribution in [0.25, 0.3) is 0 Å². The second-order valence-electron chi connectivity index (χ2n) is 5.77. The van der Waals surface area contributed by atoms with Gasteiger partial charge in [-0.05, 0) is 38.3 Å². The number of likely N-dealkylation sites (tertiary alicyclic amines) is 1. The van der Waals surface area contributed by atoms with E-state index < -0.39 is 0 Å². The highest BCUT2D eigenvalue weighted by Gasteiger charge is 2.20. The van der Waals surface area contributed by atoms with Gasteiger partial charge >= 0.3 is 0 Å². The van der Waals surface area contributed by atoms with Crippen LogP contribution in [-0.4, -0.2) is 43.1 Å². The molecule has 1 fully saturated rings. The number of piperidine rings is 1. The summed E-state index contributed by atoms with van der Waals surface area (Å²) in [5.41, 5.74) is 0. The molecule has 2 rings (SSSR count). The van der Waals surface area contributed by atoms with Crippen molar-refractivity contribution in [2.24, 2.45) is 10.9 Å². The highest BCUT2D eigenvalue weighted by Crippen LogP contribution is 2.16. The van der Waals surface area contributed by atoms with Gasteiger partial charge in [-0.3, -0.25) is 0 Å². The first kappa shape index (κ1) is 12.9. The summed E-state index contributed by atoms with van der Waals surface area (Å²) in [6.07, 6.45) is 6.30. The fraction of sp³-hybridized carbons (Fsp3) is 0.929. The molecule has 0 aliphatic carbocycles. The van der Waals surface area contributed by atoms with Gasteiger partial charge in [0, 0.05) is 13.0 Å². The van der Waals surface area contributed by atoms with Crippen molar-refractivity contribution in [3.63, 3.8) is 0 Å². The quantitative estimate of drug-likeness (QED) is 0.735. The minimum Gasteiger partial charge on any atom is -0.479 e. The second-order valence-corrected chi connectivity index (χ2v) is 5.77. The maximum Gasteiger partial charge on any atom is 0.184 e. The molecule has 0 aromatic carbocycles. The third-order valence-electron chi connectivity index (χ3n) is 3.60. The first-order valence-electron chi connectivity index (χ1n) is 7.16. The van der Waals surface area contributed by atoms with Gasteiger partial charge in [-0.15, -0.1) is 0 Å². The molecule has 1 saturated heterocycles. The highest BCUT2D eigenvalue weighted by molar-refractivity contribution is 5.77. The summed E-state index contributed by atoms with van der Waals surface area (Å²) in [7, 11) is 0. The average Bonchev–Trinajstić information content (AvgIpc) is 2.75. The molecule has 1 atom stereocenters. The van der Waals surface area contributed by atoms with E-state index in [0.717, 1.165) is 31.9 Å². The number of nitrogens with zero attached hydrogens (tertiary/aromatic N) is 2.